The fraction of sp³-hybridized carbons (Fsp3) is 0.841. The number of hydrogen-bond acceptors (Lipinski definition) is 7. The number of phosphoric acid groups is 1. The third kappa shape index (κ3) is 41.7. The fourth-order valence-electron chi connectivity index (χ4n) is 6.13. The van der Waals surface area contributed by atoms with Crippen molar-refractivity contribution < 1.29 is 32.8 Å². The highest BCUT2D eigenvalue weighted by atomic mass is 31.2. The van der Waals surface area contributed by atoms with Crippen LogP contribution < -0.4 is 5.73 Å². The fourth-order valence-corrected chi connectivity index (χ4v) is 6.89. The lowest BCUT2D eigenvalue weighted by atomic mass is 10.0. The number of carbonyl (C=O) groups is 1. The minimum absolute atomic E-state index is 0.0967. The first-order valence-corrected chi connectivity index (χ1v) is 23.5. The van der Waals surface area contributed by atoms with Crippen molar-refractivity contribution in [3.05, 3.63) is 36.5 Å². The van der Waals surface area contributed by atoms with Crippen LogP contribution in [0.25, 0.3) is 0 Å². The molecular formula is C44H84NO7P. The van der Waals surface area contributed by atoms with Crippen LogP contribution in [0.5, 0.6) is 0 Å². The standard InChI is InChI=1S/C44H84NO7P/c1-3-5-7-9-11-13-15-17-19-21-23-25-27-29-31-33-35-37-44(46)52-43(42-51-53(47,48)50-40-38-45)41-49-39-36-34-32-30-28-26-24-22-20-18-16-14-12-10-8-6-4-2/h5,7,11,13,17,19,43H,3-4,6,8-10,12,14-16,18,20-42,45H2,1-2H3,(H,47,48)/b7-5-,13-11-,19-17-. The maximum absolute atomic E-state index is 12.6. The summed E-state index contributed by atoms with van der Waals surface area (Å²) in [7, 11) is -4.28. The number of rotatable bonds is 42. The van der Waals surface area contributed by atoms with Gasteiger partial charge < -0.3 is 20.1 Å². The average molecular weight is 770 g/mol. The summed E-state index contributed by atoms with van der Waals surface area (Å²) in [5, 5.41) is 0. The monoisotopic (exact) mass is 770 g/mol. The average Bonchev–Trinajstić information content (AvgIpc) is 3.15. The number of nitrogens with two attached hydrogens (primary N) is 1. The van der Waals surface area contributed by atoms with E-state index in [1.165, 1.54) is 122 Å². The van der Waals surface area contributed by atoms with E-state index in [0.29, 0.717) is 13.0 Å². The number of carbonyl (C=O) groups excluding carboxylic acids is 1. The van der Waals surface area contributed by atoms with Crippen molar-refractivity contribution in [3.8, 4) is 0 Å². The predicted octanol–water partition coefficient (Wildman–Crippen LogP) is 13.0. The third-order valence-electron chi connectivity index (χ3n) is 9.32. The van der Waals surface area contributed by atoms with Gasteiger partial charge >= 0.3 is 13.8 Å². The van der Waals surface area contributed by atoms with Crippen molar-refractivity contribution in [2.45, 2.75) is 206 Å². The van der Waals surface area contributed by atoms with Crippen LogP contribution in [0.3, 0.4) is 0 Å². The Labute approximate surface area is 327 Å². The molecule has 0 aliphatic heterocycles. The summed E-state index contributed by atoms with van der Waals surface area (Å²) in [4.78, 5) is 22.5. The number of allylic oxidation sites excluding steroid dienone is 6. The Balaban J connectivity index is 4.01. The van der Waals surface area contributed by atoms with Gasteiger partial charge in [-0.2, -0.15) is 0 Å². The molecule has 0 aromatic heterocycles. The summed E-state index contributed by atoms with van der Waals surface area (Å²) in [6.07, 6.45) is 47.3. The van der Waals surface area contributed by atoms with Crippen LogP contribution in [-0.2, 0) is 27.9 Å². The molecule has 0 heterocycles. The molecule has 0 radical (unpaired) electrons. The second kappa shape index (κ2) is 41.9. The van der Waals surface area contributed by atoms with Crippen molar-refractivity contribution in [2.24, 2.45) is 5.73 Å². The van der Waals surface area contributed by atoms with E-state index >= 15 is 0 Å². The van der Waals surface area contributed by atoms with Gasteiger partial charge in [-0.3, -0.25) is 13.8 Å². The second-order valence-electron chi connectivity index (χ2n) is 14.5. The first-order chi connectivity index (χ1) is 25.9. The van der Waals surface area contributed by atoms with Gasteiger partial charge in [0.25, 0.3) is 0 Å². The molecule has 0 bridgehead atoms. The van der Waals surface area contributed by atoms with E-state index < -0.39 is 13.9 Å². The van der Waals surface area contributed by atoms with Gasteiger partial charge in [-0.05, 0) is 44.9 Å². The van der Waals surface area contributed by atoms with Crippen molar-refractivity contribution in [2.75, 3.05) is 33.0 Å². The normalized spacial score (nSPS) is 13.8. The molecule has 0 aromatic rings. The topological polar surface area (TPSA) is 117 Å². The van der Waals surface area contributed by atoms with Crippen molar-refractivity contribution in [3.63, 3.8) is 0 Å². The van der Waals surface area contributed by atoms with Crippen LogP contribution in [-0.4, -0.2) is 49.9 Å². The molecule has 2 atom stereocenters. The molecule has 0 spiro atoms. The Morgan fingerprint density at radius 1 is 0.585 bits per heavy atom. The highest BCUT2D eigenvalue weighted by Gasteiger charge is 2.25. The Bertz CT molecular complexity index is 910. The predicted molar refractivity (Wildman–Crippen MR) is 224 cm³/mol. The van der Waals surface area contributed by atoms with E-state index in [9.17, 15) is 14.3 Å². The number of esters is 1. The molecule has 0 rings (SSSR count). The number of unbranched alkanes of at least 4 members (excludes halogenated alkanes) is 23. The summed E-state index contributed by atoms with van der Waals surface area (Å²) < 4.78 is 33.4. The first-order valence-electron chi connectivity index (χ1n) is 22.0. The van der Waals surface area contributed by atoms with Gasteiger partial charge in [0.2, 0.25) is 0 Å². The van der Waals surface area contributed by atoms with E-state index in [1.54, 1.807) is 0 Å². The SMILES string of the molecule is CC/C=C\C/C=C\C/C=C\CCCCCCCCCC(=O)OC(COCCCCCCCCCCCCCCCCCCC)COP(=O)(O)OCCN. The second-order valence-corrected chi connectivity index (χ2v) is 16.0. The molecule has 3 N–H and O–H groups in total. The summed E-state index contributed by atoms with van der Waals surface area (Å²) >= 11 is 0. The van der Waals surface area contributed by atoms with E-state index in [4.69, 9.17) is 24.3 Å². The van der Waals surface area contributed by atoms with Crippen LogP contribution in [0.15, 0.2) is 36.5 Å². The van der Waals surface area contributed by atoms with Gasteiger partial charge in [-0.15, -0.1) is 0 Å². The molecule has 312 valence electrons. The number of phosphoric ester groups is 1. The number of ether oxygens (including phenoxy) is 2. The van der Waals surface area contributed by atoms with Crippen LogP contribution in [0.1, 0.15) is 200 Å². The van der Waals surface area contributed by atoms with Crippen LogP contribution >= 0.6 is 7.82 Å². The molecule has 9 heteroatoms. The molecule has 0 amide bonds. The summed E-state index contributed by atoms with van der Waals surface area (Å²) in [5.41, 5.74) is 5.37. The lowest BCUT2D eigenvalue weighted by Gasteiger charge is -2.20. The zero-order chi connectivity index (χ0) is 38.8. The van der Waals surface area contributed by atoms with Crippen molar-refractivity contribution >= 4 is 13.8 Å². The maximum atomic E-state index is 12.6. The van der Waals surface area contributed by atoms with Crippen LogP contribution in [0.2, 0.25) is 0 Å². The summed E-state index contributed by atoms with van der Waals surface area (Å²) in [5.74, 6) is -0.338. The molecule has 8 nitrogen and oxygen atoms in total. The molecule has 0 fully saturated rings. The summed E-state index contributed by atoms with van der Waals surface area (Å²) in [6.45, 7) is 4.83. The minimum atomic E-state index is -4.28. The Morgan fingerprint density at radius 3 is 1.58 bits per heavy atom. The van der Waals surface area contributed by atoms with E-state index in [-0.39, 0.29) is 32.3 Å². The van der Waals surface area contributed by atoms with E-state index in [1.807, 2.05) is 0 Å². The highest BCUT2D eigenvalue weighted by Crippen LogP contribution is 2.43. The first kappa shape index (κ1) is 51.7. The van der Waals surface area contributed by atoms with Gasteiger partial charge in [0.1, 0.15) is 6.10 Å². The minimum Gasteiger partial charge on any atom is -0.457 e. The van der Waals surface area contributed by atoms with Crippen molar-refractivity contribution in [1.29, 1.82) is 0 Å². The molecule has 53 heavy (non-hydrogen) atoms. The largest absolute Gasteiger partial charge is 0.472 e. The Morgan fingerprint density at radius 2 is 1.06 bits per heavy atom. The van der Waals surface area contributed by atoms with Gasteiger partial charge in [0.05, 0.1) is 19.8 Å². The molecule has 0 saturated heterocycles. The van der Waals surface area contributed by atoms with Gasteiger partial charge in [0, 0.05) is 19.6 Å². The molecule has 2 unspecified atom stereocenters. The molecule has 0 saturated carbocycles. The lowest BCUT2D eigenvalue weighted by Crippen LogP contribution is -2.28. The lowest BCUT2D eigenvalue weighted by molar-refractivity contribution is -0.154. The molecule has 0 aliphatic carbocycles. The van der Waals surface area contributed by atoms with Gasteiger partial charge in [0.15, 0.2) is 0 Å². The van der Waals surface area contributed by atoms with Crippen LogP contribution in [0, 0.1) is 0 Å². The Kier molecular flexibility index (Phi) is 40.9. The highest BCUT2D eigenvalue weighted by molar-refractivity contribution is 7.47. The molecule has 0 aliphatic rings. The molecule has 0 aromatic carbocycles. The van der Waals surface area contributed by atoms with Gasteiger partial charge in [-0.25, -0.2) is 4.57 Å². The van der Waals surface area contributed by atoms with Crippen molar-refractivity contribution in [1.82, 2.24) is 0 Å². The quantitative estimate of drug-likeness (QED) is 0.0273. The maximum Gasteiger partial charge on any atom is 0.472 e. The summed E-state index contributed by atoms with van der Waals surface area (Å²) in [6, 6.07) is 0. The van der Waals surface area contributed by atoms with Crippen LogP contribution in [0.4, 0.5) is 0 Å². The third-order valence-corrected chi connectivity index (χ3v) is 10.3. The van der Waals surface area contributed by atoms with E-state index in [2.05, 4.69) is 50.3 Å². The zero-order valence-electron chi connectivity index (χ0n) is 34.5. The zero-order valence-corrected chi connectivity index (χ0v) is 35.4. The van der Waals surface area contributed by atoms with E-state index in [0.717, 1.165) is 57.8 Å². The smallest absolute Gasteiger partial charge is 0.457 e. The number of hydrogen-bond donors (Lipinski definition) is 2. The van der Waals surface area contributed by atoms with Gasteiger partial charge in [-0.1, -0.05) is 185 Å². The molecular weight excluding hydrogens is 685 g/mol. The Hall–Kier alpha value is -1.28.